The van der Waals surface area contributed by atoms with Crippen LogP contribution in [0.3, 0.4) is 0 Å². The van der Waals surface area contributed by atoms with Gasteiger partial charge in [-0.15, -0.1) is 0 Å². The highest BCUT2D eigenvalue weighted by molar-refractivity contribution is 6.36. The normalized spacial score (nSPS) is 17.2. The van der Waals surface area contributed by atoms with Gasteiger partial charge in [0, 0.05) is 18.8 Å². The summed E-state index contributed by atoms with van der Waals surface area (Å²) in [5, 5.41) is 3.80. The molecule has 5 rings (SSSR count). The van der Waals surface area contributed by atoms with Gasteiger partial charge in [0.15, 0.2) is 5.69 Å². The summed E-state index contributed by atoms with van der Waals surface area (Å²) in [6, 6.07) is 10.1. The quantitative estimate of drug-likeness (QED) is 0.551. The van der Waals surface area contributed by atoms with Crippen LogP contribution >= 0.6 is 11.6 Å². The van der Waals surface area contributed by atoms with Crippen molar-refractivity contribution in [3.8, 4) is 0 Å². The maximum absolute atomic E-state index is 13.7. The van der Waals surface area contributed by atoms with Crippen LogP contribution in [0, 0.1) is 6.92 Å². The van der Waals surface area contributed by atoms with E-state index in [-0.39, 0.29) is 47.7 Å². The Morgan fingerprint density at radius 2 is 1.82 bits per heavy atom. The molecule has 0 atom stereocenters. The molecular formula is C23H20ClF3N4O2. The van der Waals surface area contributed by atoms with Crippen molar-refractivity contribution in [1.29, 1.82) is 0 Å². The summed E-state index contributed by atoms with van der Waals surface area (Å²) in [5.41, 5.74) is 1.11. The van der Waals surface area contributed by atoms with E-state index in [4.69, 9.17) is 11.6 Å². The van der Waals surface area contributed by atoms with Crippen LogP contribution < -0.4 is 4.90 Å². The molecule has 1 saturated heterocycles. The molecule has 1 aliphatic carbocycles. The molecule has 0 spiro atoms. The monoisotopic (exact) mass is 476 g/mol. The van der Waals surface area contributed by atoms with Crippen LogP contribution in [-0.2, 0) is 11.0 Å². The molecule has 1 aliphatic heterocycles. The Bertz CT molecular complexity index is 1270. The molecule has 2 fully saturated rings. The van der Waals surface area contributed by atoms with Gasteiger partial charge in [-0.05, 0) is 55.5 Å². The van der Waals surface area contributed by atoms with E-state index in [0.29, 0.717) is 10.1 Å². The molecule has 3 heterocycles. The van der Waals surface area contributed by atoms with Crippen LogP contribution in [0.2, 0.25) is 5.02 Å². The van der Waals surface area contributed by atoms with Gasteiger partial charge in [-0.25, -0.2) is 4.52 Å². The maximum Gasteiger partial charge on any atom is 0.433 e. The number of pyridine rings is 1. The number of amides is 2. The lowest BCUT2D eigenvalue weighted by Gasteiger charge is -2.34. The first-order valence-corrected chi connectivity index (χ1v) is 11.0. The van der Waals surface area contributed by atoms with E-state index in [1.807, 2.05) is 31.2 Å². The molecule has 2 amide bonds. The van der Waals surface area contributed by atoms with Gasteiger partial charge in [0.2, 0.25) is 5.91 Å². The zero-order valence-electron chi connectivity index (χ0n) is 17.7. The predicted octanol–water partition coefficient (Wildman–Crippen LogP) is 4.68. The van der Waals surface area contributed by atoms with Crippen LogP contribution in [0.5, 0.6) is 0 Å². The fraction of sp³-hybridized carbons (Fsp3) is 0.348. The minimum absolute atomic E-state index is 0.0429. The second-order valence-electron chi connectivity index (χ2n) is 8.51. The molecule has 2 aliphatic rings. The van der Waals surface area contributed by atoms with Gasteiger partial charge in [-0.2, -0.15) is 18.3 Å². The number of anilines is 1. The zero-order valence-corrected chi connectivity index (χ0v) is 18.5. The van der Waals surface area contributed by atoms with Gasteiger partial charge in [-0.1, -0.05) is 29.3 Å². The number of carbonyl (C=O) groups is 2. The third-order valence-electron chi connectivity index (χ3n) is 6.09. The van der Waals surface area contributed by atoms with E-state index in [9.17, 15) is 22.8 Å². The Balaban J connectivity index is 1.45. The number of nitrogens with zero attached hydrogens (tertiary/aromatic N) is 4. The molecule has 0 N–H and O–H groups in total. The smallest absolute Gasteiger partial charge is 0.326 e. The Morgan fingerprint density at radius 3 is 2.42 bits per heavy atom. The number of hydrogen-bond acceptors (Lipinski definition) is 3. The largest absolute Gasteiger partial charge is 0.433 e. The molecule has 6 nitrogen and oxygen atoms in total. The molecule has 0 unspecified atom stereocenters. The third-order valence-corrected chi connectivity index (χ3v) is 6.46. The number of carbonyl (C=O) groups excluding carboxylic acids is 2. The molecule has 1 saturated carbocycles. The Labute approximate surface area is 192 Å². The molecule has 10 heteroatoms. The number of alkyl halides is 3. The molecule has 0 bridgehead atoms. The number of aryl methyl sites for hydroxylation is 1. The van der Waals surface area contributed by atoms with Crippen molar-refractivity contribution in [3.63, 3.8) is 0 Å². The van der Waals surface area contributed by atoms with Crippen molar-refractivity contribution in [2.45, 2.75) is 31.9 Å². The van der Waals surface area contributed by atoms with Crippen LogP contribution in [0.25, 0.3) is 5.52 Å². The predicted molar refractivity (Wildman–Crippen MR) is 117 cm³/mol. The molecule has 33 heavy (non-hydrogen) atoms. The topological polar surface area (TPSA) is 57.9 Å². The number of benzene rings is 1. The number of aromatic nitrogens is 2. The SMILES string of the molecule is Cc1ccc(N2CCN(C(=O)c3nn4c(C(F)(F)F)cc(C5CC5)cc4c3Cl)CC2=O)cc1. The van der Waals surface area contributed by atoms with Gasteiger partial charge >= 0.3 is 6.18 Å². The first kappa shape index (κ1) is 21.8. The molecule has 2 aromatic heterocycles. The fourth-order valence-electron chi connectivity index (χ4n) is 4.12. The lowest BCUT2D eigenvalue weighted by molar-refractivity contribution is -0.142. The second-order valence-corrected chi connectivity index (χ2v) is 8.89. The summed E-state index contributed by atoms with van der Waals surface area (Å²) in [5.74, 6) is -0.888. The maximum atomic E-state index is 13.7. The van der Waals surface area contributed by atoms with Crippen LogP contribution in [0.15, 0.2) is 36.4 Å². The van der Waals surface area contributed by atoms with Gasteiger partial charge in [0.05, 0.1) is 10.5 Å². The summed E-state index contributed by atoms with van der Waals surface area (Å²) in [6.45, 7) is 2.20. The van der Waals surface area contributed by atoms with Crippen molar-refractivity contribution < 1.29 is 22.8 Å². The van der Waals surface area contributed by atoms with E-state index in [2.05, 4.69) is 5.10 Å². The second kappa shape index (κ2) is 7.76. The highest BCUT2D eigenvalue weighted by atomic mass is 35.5. The molecule has 0 radical (unpaired) electrons. The first-order chi connectivity index (χ1) is 15.6. The highest BCUT2D eigenvalue weighted by Gasteiger charge is 2.38. The number of piperazine rings is 1. The summed E-state index contributed by atoms with van der Waals surface area (Å²) >= 11 is 6.37. The van der Waals surface area contributed by atoms with E-state index >= 15 is 0 Å². The molecule has 172 valence electrons. The average Bonchev–Trinajstić information content (AvgIpc) is 3.57. The van der Waals surface area contributed by atoms with Crippen LogP contribution in [-0.4, -0.2) is 46.0 Å². The van der Waals surface area contributed by atoms with E-state index in [1.54, 1.807) is 11.0 Å². The van der Waals surface area contributed by atoms with Crippen molar-refractivity contribution in [3.05, 3.63) is 63.9 Å². The van der Waals surface area contributed by atoms with Crippen molar-refractivity contribution in [2.75, 3.05) is 24.5 Å². The number of halogens is 4. The molecular weight excluding hydrogens is 457 g/mol. The van der Waals surface area contributed by atoms with Crippen LogP contribution in [0.1, 0.15) is 46.1 Å². The van der Waals surface area contributed by atoms with Crippen molar-refractivity contribution in [2.24, 2.45) is 0 Å². The number of rotatable bonds is 3. The van der Waals surface area contributed by atoms with Crippen molar-refractivity contribution in [1.82, 2.24) is 14.5 Å². The summed E-state index contributed by atoms with van der Waals surface area (Å²) < 4.78 is 41.8. The summed E-state index contributed by atoms with van der Waals surface area (Å²) in [7, 11) is 0. The lowest BCUT2D eigenvalue weighted by Crippen LogP contribution is -2.52. The third kappa shape index (κ3) is 3.94. The number of fused-ring (bicyclic) bond motifs is 1. The fourth-order valence-corrected chi connectivity index (χ4v) is 4.38. The highest BCUT2D eigenvalue weighted by Crippen LogP contribution is 2.43. The van der Waals surface area contributed by atoms with E-state index in [1.165, 1.54) is 4.90 Å². The Kier molecular flexibility index (Phi) is 5.12. The van der Waals surface area contributed by atoms with Gasteiger partial charge in [-0.3, -0.25) is 9.59 Å². The zero-order chi connectivity index (χ0) is 23.5. The minimum Gasteiger partial charge on any atom is -0.326 e. The van der Waals surface area contributed by atoms with Crippen LogP contribution in [0.4, 0.5) is 18.9 Å². The molecule has 3 aromatic rings. The molecule has 1 aromatic carbocycles. The number of hydrogen-bond donors (Lipinski definition) is 0. The van der Waals surface area contributed by atoms with Gasteiger partial charge < -0.3 is 9.80 Å². The van der Waals surface area contributed by atoms with Gasteiger partial charge in [0.25, 0.3) is 5.91 Å². The first-order valence-electron chi connectivity index (χ1n) is 10.6. The summed E-state index contributed by atoms with van der Waals surface area (Å²) in [6.07, 6.45) is -3.02. The van der Waals surface area contributed by atoms with E-state index in [0.717, 1.165) is 30.2 Å². The van der Waals surface area contributed by atoms with E-state index < -0.39 is 17.8 Å². The standard InChI is InChI=1S/C23H20ClF3N4O2/c1-13-2-6-16(7-3-13)30-9-8-29(12-19(30)32)22(33)21-20(24)17-10-15(14-4-5-14)11-18(23(25,26)27)31(17)28-21/h2-3,6-7,10-11,14H,4-5,8-9,12H2,1H3. The Morgan fingerprint density at radius 1 is 1.12 bits per heavy atom. The summed E-state index contributed by atoms with van der Waals surface area (Å²) in [4.78, 5) is 28.7. The minimum atomic E-state index is -4.66. The average molecular weight is 477 g/mol. The Hall–Kier alpha value is -3.07. The van der Waals surface area contributed by atoms with Crippen molar-refractivity contribution >= 4 is 34.6 Å². The van der Waals surface area contributed by atoms with Gasteiger partial charge in [0.1, 0.15) is 12.2 Å². The lowest BCUT2D eigenvalue weighted by atomic mass is 10.1.